The lowest BCUT2D eigenvalue weighted by atomic mass is 9.91. The highest BCUT2D eigenvalue weighted by atomic mass is 19.1. The van der Waals surface area contributed by atoms with E-state index in [0.29, 0.717) is 0 Å². The molecule has 0 aromatic heterocycles. The van der Waals surface area contributed by atoms with Crippen molar-refractivity contribution in [3.63, 3.8) is 0 Å². The summed E-state index contributed by atoms with van der Waals surface area (Å²) in [4.78, 5) is 0. The molecule has 0 heterocycles. The van der Waals surface area contributed by atoms with Gasteiger partial charge in [-0.3, -0.25) is 0 Å². The largest absolute Gasteiger partial charge is 0.497 e. The fraction of sp³-hybridized carbons (Fsp3) is 0.0769. The number of ether oxygens (including phenoxy) is 2. The number of benzene rings is 4. The Kier molecular flexibility index (Phi) is 5.30. The highest BCUT2D eigenvalue weighted by Gasteiger charge is 2.11. The molecular formula is C26H21FO2. The topological polar surface area (TPSA) is 18.5 Å². The highest BCUT2D eigenvalue weighted by Crippen LogP contribution is 2.37. The average molecular weight is 384 g/mol. The Morgan fingerprint density at radius 3 is 1.45 bits per heavy atom. The summed E-state index contributed by atoms with van der Waals surface area (Å²) >= 11 is 0. The summed E-state index contributed by atoms with van der Waals surface area (Å²) < 4.78 is 23.9. The molecule has 0 aliphatic heterocycles. The first-order chi connectivity index (χ1) is 14.2. The van der Waals surface area contributed by atoms with E-state index < -0.39 is 0 Å². The van der Waals surface area contributed by atoms with Gasteiger partial charge in [0.2, 0.25) is 0 Å². The maximum atomic E-state index is 13.3. The summed E-state index contributed by atoms with van der Waals surface area (Å²) in [6.45, 7) is 0. The maximum absolute atomic E-state index is 13.3. The SMILES string of the molecule is COc1ccc(-c2ccc(-c3ccc(F)cc3)cc2-c2ccc(OC)cc2)cc1. The lowest BCUT2D eigenvalue weighted by Crippen LogP contribution is -1.89. The van der Waals surface area contributed by atoms with Gasteiger partial charge in [-0.05, 0) is 75.8 Å². The van der Waals surface area contributed by atoms with E-state index in [1.807, 2.05) is 24.3 Å². The van der Waals surface area contributed by atoms with Crippen LogP contribution in [0.2, 0.25) is 0 Å². The van der Waals surface area contributed by atoms with Crippen molar-refractivity contribution >= 4 is 0 Å². The third kappa shape index (κ3) is 3.99. The molecule has 4 aromatic carbocycles. The van der Waals surface area contributed by atoms with Crippen LogP contribution in [0, 0.1) is 5.82 Å². The van der Waals surface area contributed by atoms with Gasteiger partial charge in [0.1, 0.15) is 17.3 Å². The molecule has 0 saturated carbocycles. The standard InChI is InChI=1S/C26H21FO2/c1-28-23-12-5-19(6-13-23)25-16-9-21(18-3-10-22(27)11-4-18)17-26(25)20-7-14-24(29-2)15-8-20/h3-17H,1-2H3. The Labute approximate surface area is 170 Å². The normalized spacial score (nSPS) is 10.6. The molecule has 0 bridgehead atoms. The van der Waals surface area contributed by atoms with Crippen LogP contribution in [0.1, 0.15) is 0 Å². The molecule has 0 saturated heterocycles. The second-order valence-electron chi connectivity index (χ2n) is 6.72. The van der Waals surface area contributed by atoms with Gasteiger partial charge >= 0.3 is 0 Å². The van der Waals surface area contributed by atoms with Gasteiger partial charge in [0, 0.05) is 0 Å². The molecule has 4 rings (SSSR count). The van der Waals surface area contributed by atoms with E-state index in [9.17, 15) is 4.39 Å². The quantitative estimate of drug-likeness (QED) is 0.375. The fourth-order valence-electron chi connectivity index (χ4n) is 3.40. The number of halogens is 1. The Morgan fingerprint density at radius 2 is 0.931 bits per heavy atom. The van der Waals surface area contributed by atoms with Crippen LogP contribution in [0.15, 0.2) is 91.0 Å². The van der Waals surface area contributed by atoms with Gasteiger partial charge in [-0.25, -0.2) is 4.39 Å². The van der Waals surface area contributed by atoms with Crippen molar-refractivity contribution in [1.82, 2.24) is 0 Å². The van der Waals surface area contributed by atoms with E-state index in [1.54, 1.807) is 26.4 Å². The molecule has 29 heavy (non-hydrogen) atoms. The number of rotatable bonds is 5. The van der Waals surface area contributed by atoms with Crippen LogP contribution < -0.4 is 9.47 Å². The van der Waals surface area contributed by atoms with Gasteiger partial charge in [0.15, 0.2) is 0 Å². The molecular weight excluding hydrogens is 363 g/mol. The van der Waals surface area contributed by atoms with Crippen LogP contribution in [0.3, 0.4) is 0 Å². The number of methoxy groups -OCH3 is 2. The smallest absolute Gasteiger partial charge is 0.123 e. The Bertz CT molecular complexity index is 1100. The van der Waals surface area contributed by atoms with E-state index in [0.717, 1.165) is 44.9 Å². The van der Waals surface area contributed by atoms with Crippen molar-refractivity contribution in [2.24, 2.45) is 0 Å². The van der Waals surface area contributed by atoms with Crippen molar-refractivity contribution in [2.75, 3.05) is 14.2 Å². The first-order valence-corrected chi connectivity index (χ1v) is 9.37. The lowest BCUT2D eigenvalue weighted by molar-refractivity contribution is 0.414. The van der Waals surface area contributed by atoms with Gasteiger partial charge < -0.3 is 9.47 Å². The third-order valence-corrected chi connectivity index (χ3v) is 5.00. The predicted molar refractivity (Wildman–Crippen MR) is 116 cm³/mol. The Morgan fingerprint density at radius 1 is 0.483 bits per heavy atom. The van der Waals surface area contributed by atoms with Crippen LogP contribution in [-0.2, 0) is 0 Å². The second-order valence-corrected chi connectivity index (χ2v) is 6.72. The minimum Gasteiger partial charge on any atom is -0.497 e. The van der Waals surface area contributed by atoms with Gasteiger partial charge in [-0.2, -0.15) is 0 Å². The molecule has 0 fully saturated rings. The molecule has 0 N–H and O–H groups in total. The third-order valence-electron chi connectivity index (χ3n) is 5.00. The number of hydrogen-bond acceptors (Lipinski definition) is 2. The van der Waals surface area contributed by atoms with E-state index in [4.69, 9.17) is 9.47 Å². The summed E-state index contributed by atoms with van der Waals surface area (Å²) in [5.41, 5.74) is 6.40. The maximum Gasteiger partial charge on any atom is 0.123 e. The Hall–Kier alpha value is -3.59. The first kappa shape index (κ1) is 18.8. The molecule has 144 valence electrons. The number of hydrogen-bond donors (Lipinski definition) is 0. The molecule has 0 amide bonds. The molecule has 0 aliphatic rings. The zero-order valence-corrected chi connectivity index (χ0v) is 16.4. The monoisotopic (exact) mass is 384 g/mol. The van der Waals surface area contributed by atoms with Crippen LogP contribution in [0.5, 0.6) is 11.5 Å². The molecule has 0 unspecified atom stereocenters. The van der Waals surface area contributed by atoms with E-state index >= 15 is 0 Å². The van der Waals surface area contributed by atoms with Gasteiger partial charge in [0.25, 0.3) is 0 Å². The second kappa shape index (κ2) is 8.19. The predicted octanol–water partition coefficient (Wildman–Crippen LogP) is 6.84. The molecule has 3 heteroatoms. The van der Waals surface area contributed by atoms with Gasteiger partial charge in [0.05, 0.1) is 14.2 Å². The molecule has 0 atom stereocenters. The van der Waals surface area contributed by atoms with E-state index in [2.05, 4.69) is 42.5 Å². The van der Waals surface area contributed by atoms with Crippen molar-refractivity contribution < 1.29 is 13.9 Å². The van der Waals surface area contributed by atoms with E-state index in [1.165, 1.54) is 12.1 Å². The van der Waals surface area contributed by atoms with Crippen LogP contribution in [0.4, 0.5) is 4.39 Å². The van der Waals surface area contributed by atoms with Crippen molar-refractivity contribution in [1.29, 1.82) is 0 Å². The van der Waals surface area contributed by atoms with Crippen LogP contribution in [0.25, 0.3) is 33.4 Å². The molecule has 2 nitrogen and oxygen atoms in total. The van der Waals surface area contributed by atoms with Gasteiger partial charge in [-0.1, -0.05) is 48.5 Å². The molecule has 0 radical (unpaired) electrons. The highest BCUT2D eigenvalue weighted by molar-refractivity contribution is 5.87. The van der Waals surface area contributed by atoms with Crippen LogP contribution in [-0.4, -0.2) is 14.2 Å². The van der Waals surface area contributed by atoms with Crippen molar-refractivity contribution in [3.8, 4) is 44.9 Å². The zero-order valence-electron chi connectivity index (χ0n) is 16.4. The molecule has 4 aromatic rings. The van der Waals surface area contributed by atoms with E-state index in [-0.39, 0.29) is 5.82 Å². The zero-order chi connectivity index (χ0) is 20.2. The lowest BCUT2D eigenvalue weighted by Gasteiger charge is -2.14. The summed E-state index contributed by atoms with van der Waals surface area (Å²) in [6.07, 6.45) is 0. The van der Waals surface area contributed by atoms with Crippen molar-refractivity contribution in [3.05, 3.63) is 96.8 Å². The summed E-state index contributed by atoms with van der Waals surface area (Å²) in [5, 5.41) is 0. The summed E-state index contributed by atoms with van der Waals surface area (Å²) in [6, 6.07) is 28.9. The Balaban J connectivity index is 1.85. The minimum atomic E-state index is -0.237. The fourth-order valence-corrected chi connectivity index (χ4v) is 3.40. The van der Waals surface area contributed by atoms with Gasteiger partial charge in [-0.15, -0.1) is 0 Å². The minimum absolute atomic E-state index is 0.237. The first-order valence-electron chi connectivity index (χ1n) is 9.37. The average Bonchev–Trinajstić information content (AvgIpc) is 2.79. The molecule has 0 spiro atoms. The summed E-state index contributed by atoms with van der Waals surface area (Å²) in [7, 11) is 3.32. The van der Waals surface area contributed by atoms with Crippen molar-refractivity contribution in [2.45, 2.75) is 0 Å². The molecule has 0 aliphatic carbocycles. The summed E-state index contributed by atoms with van der Waals surface area (Å²) in [5.74, 6) is 1.40. The van der Waals surface area contributed by atoms with Crippen LogP contribution >= 0.6 is 0 Å².